The highest BCUT2D eigenvalue weighted by Crippen LogP contribution is 2.32. The lowest BCUT2D eigenvalue weighted by atomic mass is 9.96. The van der Waals surface area contributed by atoms with Crippen LogP contribution < -0.4 is 0 Å². The van der Waals surface area contributed by atoms with Gasteiger partial charge in [-0.25, -0.2) is 0 Å². The van der Waals surface area contributed by atoms with Gasteiger partial charge in [-0.3, -0.25) is 0 Å². The molecule has 236 valence electrons. The maximum absolute atomic E-state index is 6.27. The van der Waals surface area contributed by atoms with Gasteiger partial charge in [-0.05, 0) is 90.4 Å². The molecule has 4 aromatic carbocycles. The molecular weight excluding hydrogens is 592 g/mol. The fourth-order valence-corrected chi connectivity index (χ4v) is 6.01. The standard InChI is InChI=1S/C42H36N4O2/c1-27-12-5-7-14-28(2)35(17-9-6-13-27)40-45-46-41(48-40)36-23-22-34(25-30(36)4)33-21-20-32(29(3)24-33)26-39-43-44-42(47-39)38-19-11-16-31-15-8-10-18-37(31)38/h5-16,18-25H,17,26H2,1-4H3/b9-6?,12-5-,14-7+,27-13+,35-28-. The van der Waals surface area contributed by atoms with Gasteiger partial charge in [0.2, 0.25) is 23.6 Å². The first-order valence-corrected chi connectivity index (χ1v) is 16.2. The van der Waals surface area contributed by atoms with Crippen LogP contribution in [0.1, 0.15) is 48.7 Å². The maximum Gasteiger partial charge on any atom is 0.248 e. The summed E-state index contributed by atoms with van der Waals surface area (Å²) in [7, 11) is 0. The van der Waals surface area contributed by atoms with E-state index in [1.807, 2.05) is 36.4 Å². The van der Waals surface area contributed by atoms with Crippen LogP contribution >= 0.6 is 0 Å². The van der Waals surface area contributed by atoms with E-state index in [2.05, 4.69) is 133 Å². The molecule has 1 aliphatic carbocycles. The lowest BCUT2D eigenvalue weighted by Gasteiger charge is -2.10. The van der Waals surface area contributed by atoms with Crippen molar-refractivity contribution < 1.29 is 8.83 Å². The number of aromatic nitrogens is 4. The lowest BCUT2D eigenvalue weighted by molar-refractivity contribution is 0.518. The first-order chi connectivity index (χ1) is 23.4. The largest absolute Gasteiger partial charge is 0.420 e. The predicted molar refractivity (Wildman–Crippen MR) is 193 cm³/mol. The van der Waals surface area contributed by atoms with Crippen LogP contribution in [-0.2, 0) is 6.42 Å². The van der Waals surface area contributed by atoms with Crippen LogP contribution in [0.25, 0.3) is 50.4 Å². The van der Waals surface area contributed by atoms with Crippen molar-refractivity contribution in [1.82, 2.24) is 20.4 Å². The average Bonchev–Trinajstić information content (AvgIpc) is 3.77. The first kappa shape index (κ1) is 30.8. The van der Waals surface area contributed by atoms with E-state index in [1.165, 1.54) is 5.57 Å². The Balaban J connectivity index is 1.09. The van der Waals surface area contributed by atoms with Crippen molar-refractivity contribution in [1.29, 1.82) is 0 Å². The van der Waals surface area contributed by atoms with Gasteiger partial charge in [-0.1, -0.05) is 115 Å². The quantitative estimate of drug-likeness (QED) is 0.183. The van der Waals surface area contributed by atoms with Gasteiger partial charge < -0.3 is 8.83 Å². The molecule has 1 aliphatic rings. The number of benzene rings is 4. The number of aryl methyl sites for hydroxylation is 2. The smallest absolute Gasteiger partial charge is 0.248 e. The van der Waals surface area contributed by atoms with Crippen LogP contribution in [0.4, 0.5) is 0 Å². The Morgan fingerprint density at radius 3 is 2.21 bits per heavy atom. The van der Waals surface area contributed by atoms with Gasteiger partial charge in [-0.15, -0.1) is 20.4 Å². The molecule has 0 fully saturated rings. The molecule has 2 heterocycles. The Kier molecular flexibility index (Phi) is 8.63. The molecule has 7 rings (SSSR count). The zero-order chi connectivity index (χ0) is 33.0. The molecule has 0 saturated carbocycles. The monoisotopic (exact) mass is 628 g/mol. The molecule has 6 nitrogen and oxygen atoms in total. The van der Waals surface area contributed by atoms with Gasteiger partial charge in [0.15, 0.2) is 0 Å². The molecule has 0 atom stereocenters. The Morgan fingerprint density at radius 2 is 1.35 bits per heavy atom. The van der Waals surface area contributed by atoms with Gasteiger partial charge in [0.25, 0.3) is 0 Å². The van der Waals surface area contributed by atoms with Crippen LogP contribution in [0.5, 0.6) is 0 Å². The molecular formula is C42H36N4O2. The fraction of sp³-hybridized carbons (Fsp3) is 0.143. The van der Waals surface area contributed by atoms with Crippen molar-refractivity contribution in [3.8, 4) is 34.0 Å². The van der Waals surface area contributed by atoms with E-state index >= 15 is 0 Å². The molecule has 0 unspecified atom stereocenters. The van der Waals surface area contributed by atoms with Gasteiger partial charge >= 0.3 is 0 Å². The third kappa shape index (κ3) is 6.51. The Morgan fingerprint density at radius 1 is 0.625 bits per heavy atom. The van der Waals surface area contributed by atoms with Crippen molar-refractivity contribution in [2.24, 2.45) is 0 Å². The minimum absolute atomic E-state index is 0.515. The summed E-state index contributed by atoms with van der Waals surface area (Å²) in [6.45, 7) is 8.37. The van der Waals surface area contributed by atoms with Crippen LogP contribution in [0.15, 0.2) is 141 Å². The predicted octanol–water partition coefficient (Wildman–Crippen LogP) is 10.6. The topological polar surface area (TPSA) is 77.8 Å². The van der Waals surface area contributed by atoms with Crippen LogP contribution in [0.2, 0.25) is 0 Å². The molecule has 0 bridgehead atoms. The molecule has 0 aliphatic heterocycles. The van der Waals surface area contributed by atoms with E-state index < -0.39 is 0 Å². The summed E-state index contributed by atoms with van der Waals surface area (Å²) in [5.41, 5.74) is 10.8. The third-order valence-corrected chi connectivity index (χ3v) is 8.75. The Hall–Kier alpha value is -5.88. The number of nitrogens with zero attached hydrogens (tertiary/aromatic N) is 4. The number of allylic oxidation sites excluding steroid dienone is 10. The molecule has 0 spiro atoms. The number of hydrogen-bond donors (Lipinski definition) is 0. The van der Waals surface area contributed by atoms with E-state index in [4.69, 9.17) is 8.83 Å². The second kappa shape index (κ2) is 13.5. The van der Waals surface area contributed by atoms with Crippen molar-refractivity contribution >= 4 is 16.3 Å². The third-order valence-electron chi connectivity index (χ3n) is 8.75. The molecule has 0 amide bonds. The summed E-state index contributed by atoms with van der Waals surface area (Å²) in [5, 5.41) is 19.9. The van der Waals surface area contributed by atoms with Gasteiger partial charge in [0.05, 0.1) is 6.42 Å². The molecule has 6 heteroatoms. The summed E-state index contributed by atoms with van der Waals surface area (Å²) in [6, 6.07) is 27.2. The average molecular weight is 629 g/mol. The molecule has 0 saturated heterocycles. The summed E-state index contributed by atoms with van der Waals surface area (Å²) >= 11 is 0. The highest BCUT2D eigenvalue weighted by Gasteiger charge is 2.17. The van der Waals surface area contributed by atoms with Crippen molar-refractivity contribution in [2.75, 3.05) is 0 Å². The van der Waals surface area contributed by atoms with Gasteiger partial charge in [0.1, 0.15) is 0 Å². The van der Waals surface area contributed by atoms with E-state index in [0.29, 0.717) is 36.4 Å². The van der Waals surface area contributed by atoms with Gasteiger partial charge in [0, 0.05) is 16.7 Å². The van der Waals surface area contributed by atoms with Gasteiger partial charge in [-0.2, -0.15) is 0 Å². The zero-order valence-electron chi connectivity index (χ0n) is 27.6. The number of fused-ring (bicyclic) bond motifs is 1. The minimum Gasteiger partial charge on any atom is -0.420 e. The summed E-state index contributed by atoms with van der Waals surface area (Å²) < 4.78 is 12.4. The number of rotatable bonds is 6. The van der Waals surface area contributed by atoms with E-state index in [1.54, 1.807) is 0 Å². The van der Waals surface area contributed by atoms with Crippen LogP contribution in [-0.4, -0.2) is 20.4 Å². The van der Waals surface area contributed by atoms with Crippen molar-refractivity contribution in [3.05, 3.63) is 161 Å². The Bertz CT molecular complexity index is 2290. The minimum atomic E-state index is 0.515. The first-order valence-electron chi connectivity index (χ1n) is 16.2. The molecule has 0 radical (unpaired) electrons. The molecule has 6 aromatic rings. The second-order valence-corrected chi connectivity index (χ2v) is 12.2. The highest BCUT2D eigenvalue weighted by atomic mass is 16.4. The molecule has 0 N–H and O–H groups in total. The lowest BCUT2D eigenvalue weighted by Crippen LogP contribution is -1.93. The van der Waals surface area contributed by atoms with Crippen LogP contribution in [0, 0.1) is 13.8 Å². The van der Waals surface area contributed by atoms with Crippen molar-refractivity contribution in [2.45, 2.75) is 40.5 Å². The SMILES string of the molecule is CC1=C(/c2nnc(-c3ccc(-c4ccc(Cc5nnc(-c6cccc7ccccc67)o5)c(C)c4)cc3C)o2)CC=C/C=C(C)/C=C\C=C\1. The normalized spacial score (nSPS) is 17.5. The second-order valence-electron chi connectivity index (χ2n) is 12.2. The van der Waals surface area contributed by atoms with Crippen molar-refractivity contribution in [3.63, 3.8) is 0 Å². The summed E-state index contributed by atoms with van der Waals surface area (Å²) in [4.78, 5) is 0. The van der Waals surface area contributed by atoms with E-state index in [-0.39, 0.29) is 0 Å². The summed E-state index contributed by atoms with van der Waals surface area (Å²) in [5.74, 6) is 2.19. The molecule has 48 heavy (non-hydrogen) atoms. The van der Waals surface area contributed by atoms with Crippen LogP contribution in [0.3, 0.4) is 0 Å². The van der Waals surface area contributed by atoms with E-state index in [0.717, 1.165) is 60.9 Å². The maximum atomic E-state index is 6.27. The Labute approximate surface area is 280 Å². The van der Waals surface area contributed by atoms with E-state index in [9.17, 15) is 0 Å². The molecule has 2 aromatic heterocycles. The fourth-order valence-electron chi connectivity index (χ4n) is 6.01. The zero-order valence-corrected chi connectivity index (χ0v) is 27.6. The highest BCUT2D eigenvalue weighted by molar-refractivity contribution is 5.94. The number of hydrogen-bond acceptors (Lipinski definition) is 6. The summed E-state index contributed by atoms with van der Waals surface area (Å²) in [6.07, 6.45) is 15.8.